The molecule has 3 N–H and O–H groups in total. The number of piperidine rings is 1. The highest BCUT2D eigenvalue weighted by Gasteiger charge is 2.46. The second-order valence-corrected chi connectivity index (χ2v) is 11.3. The molecule has 8 heteroatoms. The lowest BCUT2D eigenvalue weighted by Gasteiger charge is -2.43. The number of aliphatic hydroxyl groups excluding tert-OH is 1. The number of anilines is 1. The first-order valence-corrected chi connectivity index (χ1v) is 13.4. The van der Waals surface area contributed by atoms with Gasteiger partial charge in [-0.05, 0) is 59.6 Å². The zero-order valence-corrected chi connectivity index (χ0v) is 21.5. The van der Waals surface area contributed by atoms with E-state index in [9.17, 15) is 5.11 Å². The summed E-state index contributed by atoms with van der Waals surface area (Å²) in [6.45, 7) is 1.73. The molecule has 5 nitrogen and oxygen atoms in total. The molecule has 1 aliphatic heterocycles. The number of imidazole rings is 1. The number of nitrogens with two attached hydrogens (primary N) is 1. The molecular weight excluding hydrogens is 499 g/mol. The summed E-state index contributed by atoms with van der Waals surface area (Å²) in [4.78, 5) is 8.76. The van der Waals surface area contributed by atoms with E-state index in [4.69, 9.17) is 28.9 Å². The maximum absolute atomic E-state index is 10.3. The summed E-state index contributed by atoms with van der Waals surface area (Å²) in [5.74, 6) is 1.04. The number of aliphatic hydroxyl groups is 1. The Labute approximate surface area is 218 Å². The van der Waals surface area contributed by atoms with E-state index in [0.717, 1.165) is 59.2 Å². The van der Waals surface area contributed by atoms with Gasteiger partial charge < -0.3 is 15.7 Å². The van der Waals surface area contributed by atoms with Crippen LogP contribution >= 0.6 is 35.0 Å². The first-order chi connectivity index (χ1) is 17.0. The van der Waals surface area contributed by atoms with Gasteiger partial charge in [-0.25, -0.2) is 4.98 Å². The maximum Gasteiger partial charge on any atom is 0.152 e. The number of hydrogen-bond donors (Lipinski definition) is 2. The third kappa shape index (κ3) is 3.83. The van der Waals surface area contributed by atoms with E-state index in [1.165, 1.54) is 22.9 Å². The van der Waals surface area contributed by atoms with Crippen LogP contribution in [-0.2, 0) is 13.0 Å². The molecule has 1 fully saturated rings. The normalized spacial score (nSPS) is 19.0. The van der Waals surface area contributed by atoms with Gasteiger partial charge in [-0.1, -0.05) is 65.3 Å². The Morgan fingerprint density at radius 2 is 1.91 bits per heavy atom. The highest BCUT2D eigenvalue weighted by molar-refractivity contribution is 7.99. The average Bonchev–Trinajstić information content (AvgIpc) is 3.47. The summed E-state index contributed by atoms with van der Waals surface area (Å²) < 4.78 is 2.11. The lowest BCUT2D eigenvalue weighted by atomic mass is 9.73. The highest BCUT2D eigenvalue weighted by Crippen LogP contribution is 2.51. The van der Waals surface area contributed by atoms with Crippen molar-refractivity contribution in [1.82, 2.24) is 9.38 Å². The SMILES string of the molecule is NC1c2ccccc2CC12CCN(c1cc(CO)c(Sc3cccc(Cl)c3Cl)c3nccn13)CC2. The van der Waals surface area contributed by atoms with E-state index in [1.54, 1.807) is 12.3 Å². The number of pyridine rings is 1. The Morgan fingerprint density at radius 1 is 1.11 bits per heavy atom. The minimum atomic E-state index is -0.0885. The molecule has 2 aliphatic rings. The molecule has 1 unspecified atom stereocenters. The van der Waals surface area contributed by atoms with Gasteiger partial charge in [-0.15, -0.1) is 0 Å². The molecule has 1 aliphatic carbocycles. The topological polar surface area (TPSA) is 66.8 Å². The van der Waals surface area contributed by atoms with Gasteiger partial charge in [0.2, 0.25) is 0 Å². The summed E-state index contributed by atoms with van der Waals surface area (Å²) in [6, 6.07) is 16.4. The number of nitrogens with zero attached hydrogens (tertiary/aromatic N) is 3. The van der Waals surface area contributed by atoms with Crippen LogP contribution < -0.4 is 10.6 Å². The smallest absolute Gasteiger partial charge is 0.152 e. The first kappa shape index (κ1) is 23.2. The minimum absolute atomic E-state index is 0.0864. The number of halogens is 2. The molecule has 1 atom stereocenters. The fourth-order valence-corrected chi connectivity index (χ4v) is 7.26. The predicted molar refractivity (Wildman–Crippen MR) is 143 cm³/mol. The van der Waals surface area contributed by atoms with Crippen LogP contribution in [0.25, 0.3) is 5.65 Å². The second-order valence-electron chi connectivity index (χ2n) is 9.49. The molecule has 4 aromatic rings. The standard InChI is InChI=1S/C27H26Cl2N4OS/c28-20-6-3-7-21(23(20)29)35-24-18(16-34)14-22(33-13-10-31-26(24)33)32-11-8-27(9-12-32)15-17-4-1-2-5-19(17)25(27)30/h1-7,10,13-14,25,34H,8-9,11-12,15-16,30H2. The van der Waals surface area contributed by atoms with E-state index in [-0.39, 0.29) is 18.1 Å². The molecule has 0 saturated carbocycles. The third-order valence-electron chi connectivity index (χ3n) is 7.66. The van der Waals surface area contributed by atoms with Crippen molar-refractivity contribution in [2.45, 2.75) is 41.7 Å². The molecule has 2 aromatic heterocycles. The van der Waals surface area contributed by atoms with E-state index < -0.39 is 0 Å². The van der Waals surface area contributed by atoms with Crippen LogP contribution in [0, 0.1) is 5.41 Å². The lowest BCUT2D eigenvalue weighted by Crippen LogP contribution is -2.44. The van der Waals surface area contributed by atoms with Gasteiger partial charge in [0.25, 0.3) is 0 Å². The van der Waals surface area contributed by atoms with E-state index >= 15 is 0 Å². The van der Waals surface area contributed by atoms with Crippen LogP contribution in [0.5, 0.6) is 0 Å². The molecule has 6 rings (SSSR count). The summed E-state index contributed by atoms with van der Waals surface area (Å²) in [6.07, 6.45) is 6.90. The van der Waals surface area contributed by atoms with Crippen molar-refractivity contribution in [3.8, 4) is 0 Å². The Hall–Kier alpha value is -2.22. The van der Waals surface area contributed by atoms with Crippen molar-refractivity contribution < 1.29 is 5.11 Å². The van der Waals surface area contributed by atoms with Crippen molar-refractivity contribution in [2.75, 3.05) is 18.0 Å². The molecule has 35 heavy (non-hydrogen) atoms. The Bertz CT molecular complexity index is 1410. The van der Waals surface area contributed by atoms with E-state index in [2.05, 4.69) is 44.6 Å². The van der Waals surface area contributed by atoms with E-state index in [1.807, 2.05) is 18.3 Å². The number of fused-ring (bicyclic) bond motifs is 2. The van der Waals surface area contributed by atoms with Gasteiger partial charge in [0, 0.05) is 36.4 Å². The van der Waals surface area contributed by atoms with Crippen molar-refractivity contribution in [2.24, 2.45) is 11.1 Å². The Morgan fingerprint density at radius 3 is 2.69 bits per heavy atom. The molecule has 3 heterocycles. The van der Waals surface area contributed by atoms with Crippen LogP contribution in [0.15, 0.2) is 70.7 Å². The zero-order valence-electron chi connectivity index (χ0n) is 19.1. The Balaban J connectivity index is 1.31. The van der Waals surface area contributed by atoms with Gasteiger partial charge >= 0.3 is 0 Å². The quantitative estimate of drug-likeness (QED) is 0.336. The number of aromatic nitrogens is 2. The van der Waals surface area contributed by atoms with Gasteiger partial charge in [0.1, 0.15) is 5.82 Å². The number of benzene rings is 2. The number of hydrogen-bond acceptors (Lipinski definition) is 5. The monoisotopic (exact) mass is 524 g/mol. The largest absolute Gasteiger partial charge is 0.392 e. The van der Waals surface area contributed by atoms with Crippen molar-refractivity contribution in [3.05, 3.63) is 87.7 Å². The molecule has 1 saturated heterocycles. The molecule has 0 bridgehead atoms. The minimum Gasteiger partial charge on any atom is -0.392 e. The van der Waals surface area contributed by atoms with E-state index in [0.29, 0.717) is 10.0 Å². The average molecular weight is 526 g/mol. The summed E-state index contributed by atoms with van der Waals surface area (Å²) in [5, 5.41) is 11.3. The first-order valence-electron chi connectivity index (χ1n) is 11.8. The lowest BCUT2D eigenvalue weighted by molar-refractivity contribution is 0.187. The summed E-state index contributed by atoms with van der Waals surface area (Å²) in [7, 11) is 0. The third-order valence-corrected chi connectivity index (χ3v) is 9.80. The Kier molecular flexibility index (Phi) is 5.98. The maximum atomic E-state index is 10.3. The van der Waals surface area contributed by atoms with Crippen molar-refractivity contribution in [3.63, 3.8) is 0 Å². The van der Waals surface area contributed by atoms with Gasteiger partial charge in [-0.2, -0.15) is 0 Å². The van der Waals surface area contributed by atoms with Crippen molar-refractivity contribution >= 4 is 46.4 Å². The summed E-state index contributed by atoms with van der Waals surface area (Å²) >= 11 is 14.2. The van der Waals surface area contributed by atoms with Crippen molar-refractivity contribution in [1.29, 1.82) is 0 Å². The van der Waals surface area contributed by atoms with Gasteiger partial charge in [0.15, 0.2) is 5.65 Å². The fraction of sp³-hybridized carbons (Fsp3) is 0.296. The molecule has 180 valence electrons. The molecule has 2 aromatic carbocycles. The fourth-order valence-electron chi connectivity index (χ4n) is 5.72. The molecule has 1 spiro atoms. The number of rotatable bonds is 4. The van der Waals surface area contributed by atoms with Gasteiger partial charge in [0.05, 0.1) is 21.5 Å². The van der Waals surface area contributed by atoms with Crippen LogP contribution in [0.4, 0.5) is 5.82 Å². The molecule has 0 radical (unpaired) electrons. The predicted octanol–water partition coefficient (Wildman–Crippen LogP) is 6.13. The molecule has 0 amide bonds. The second kappa shape index (κ2) is 9.02. The summed E-state index contributed by atoms with van der Waals surface area (Å²) in [5.41, 5.74) is 11.2. The van der Waals surface area contributed by atoms with Gasteiger partial charge in [-0.3, -0.25) is 4.40 Å². The van der Waals surface area contributed by atoms with Crippen LogP contribution in [0.2, 0.25) is 10.0 Å². The molecular formula is C27H26Cl2N4OS. The highest BCUT2D eigenvalue weighted by atomic mass is 35.5. The van der Waals surface area contributed by atoms with Crippen LogP contribution in [-0.4, -0.2) is 27.6 Å². The zero-order chi connectivity index (χ0) is 24.2. The van der Waals surface area contributed by atoms with Crippen LogP contribution in [0.1, 0.15) is 35.6 Å². The van der Waals surface area contributed by atoms with Crippen LogP contribution in [0.3, 0.4) is 0 Å².